The van der Waals surface area contributed by atoms with Gasteiger partial charge in [0.15, 0.2) is 0 Å². The Kier molecular flexibility index (Phi) is 7.10. The van der Waals surface area contributed by atoms with E-state index in [9.17, 15) is 24.3 Å². The lowest BCUT2D eigenvalue weighted by Gasteiger charge is -2.41. The van der Waals surface area contributed by atoms with Crippen LogP contribution in [0.3, 0.4) is 0 Å². The quantitative estimate of drug-likeness (QED) is 0.515. The van der Waals surface area contributed by atoms with E-state index in [0.29, 0.717) is 32.4 Å². The number of carboxylic acids is 1. The van der Waals surface area contributed by atoms with Gasteiger partial charge in [-0.05, 0) is 59.4 Å². The minimum Gasteiger partial charge on any atom is -0.497 e. The van der Waals surface area contributed by atoms with E-state index >= 15 is 0 Å². The summed E-state index contributed by atoms with van der Waals surface area (Å²) < 4.78 is 5.44. The van der Waals surface area contributed by atoms with Gasteiger partial charge in [0.05, 0.1) is 20.0 Å². The number of fused-ring (bicyclic) bond motifs is 2. The van der Waals surface area contributed by atoms with Crippen LogP contribution in [0.15, 0.2) is 48.5 Å². The molecule has 9 heteroatoms. The highest BCUT2D eigenvalue weighted by Gasteiger charge is 2.47. The largest absolute Gasteiger partial charge is 0.497 e. The van der Waals surface area contributed by atoms with Crippen LogP contribution in [0.25, 0.3) is 0 Å². The van der Waals surface area contributed by atoms with Crippen molar-refractivity contribution in [2.24, 2.45) is 0 Å². The van der Waals surface area contributed by atoms with Crippen molar-refractivity contribution < 1.29 is 29.0 Å². The normalized spacial score (nSPS) is 23.9. The van der Waals surface area contributed by atoms with Crippen LogP contribution in [0, 0.1) is 0 Å². The van der Waals surface area contributed by atoms with Crippen LogP contribution >= 0.6 is 0 Å². The predicted octanol–water partition coefficient (Wildman–Crippen LogP) is 2.13. The number of piperidine rings is 1. The highest BCUT2D eigenvalue weighted by atomic mass is 16.5. The van der Waals surface area contributed by atoms with Crippen molar-refractivity contribution >= 4 is 23.7 Å². The van der Waals surface area contributed by atoms with Crippen LogP contribution in [0.5, 0.6) is 5.75 Å². The van der Waals surface area contributed by atoms with Crippen LogP contribution < -0.4 is 15.4 Å². The number of piperazine rings is 1. The Labute approximate surface area is 221 Å². The molecular formula is C29H33N3O6. The van der Waals surface area contributed by atoms with Gasteiger partial charge in [0.25, 0.3) is 0 Å². The Hall–Kier alpha value is -3.88. The smallest absolute Gasteiger partial charge is 0.303 e. The highest BCUT2D eigenvalue weighted by Crippen LogP contribution is 2.53. The topological polar surface area (TPSA) is 125 Å². The van der Waals surface area contributed by atoms with Crippen molar-refractivity contribution in [2.75, 3.05) is 20.2 Å². The van der Waals surface area contributed by atoms with E-state index in [1.54, 1.807) is 12.0 Å². The van der Waals surface area contributed by atoms with E-state index in [0.717, 1.165) is 28.9 Å². The zero-order valence-corrected chi connectivity index (χ0v) is 21.4. The van der Waals surface area contributed by atoms with Crippen molar-refractivity contribution in [3.8, 4) is 5.75 Å². The summed E-state index contributed by atoms with van der Waals surface area (Å²) in [4.78, 5) is 51.8. The monoisotopic (exact) mass is 519 g/mol. The van der Waals surface area contributed by atoms with Gasteiger partial charge in [-0.3, -0.25) is 19.2 Å². The van der Waals surface area contributed by atoms with E-state index in [2.05, 4.69) is 10.6 Å². The molecule has 0 aromatic heterocycles. The third-order valence-corrected chi connectivity index (χ3v) is 8.33. The molecular weight excluding hydrogens is 486 g/mol. The van der Waals surface area contributed by atoms with E-state index in [-0.39, 0.29) is 41.9 Å². The zero-order chi connectivity index (χ0) is 26.9. The molecule has 1 unspecified atom stereocenters. The maximum absolute atomic E-state index is 13.1. The molecule has 1 spiro atoms. The molecule has 200 valence electrons. The van der Waals surface area contributed by atoms with Crippen LogP contribution in [0.2, 0.25) is 0 Å². The number of carbonyl (C=O) groups excluding carboxylic acids is 3. The van der Waals surface area contributed by atoms with Crippen LogP contribution in [0.4, 0.5) is 0 Å². The molecule has 3 aliphatic rings. The summed E-state index contributed by atoms with van der Waals surface area (Å²) in [5, 5.41) is 15.0. The van der Waals surface area contributed by atoms with Crippen LogP contribution in [-0.2, 0) is 31.0 Å². The van der Waals surface area contributed by atoms with Gasteiger partial charge < -0.3 is 25.4 Å². The maximum Gasteiger partial charge on any atom is 0.303 e. The Morgan fingerprint density at radius 3 is 2.37 bits per heavy atom. The number of aliphatic carboxylic acids is 1. The first kappa shape index (κ1) is 25.8. The molecule has 0 bridgehead atoms. The third kappa shape index (κ3) is 5.10. The van der Waals surface area contributed by atoms with Crippen LogP contribution in [-0.4, -0.2) is 66.0 Å². The minimum atomic E-state index is -0.894. The second kappa shape index (κ2) is 10.5. The third-order valence-electron chi connectivity index (χ3n) is 8.33. The van der Waals surface area contributed by atoms with Crippen LogP contribution in [0.1, 0.15) is 54.7 Å². The number of nitrogens with zero attached hydrogens (tertiary/aromatic N) is 1. The second-order valence-corrected chi connectivity index (χ2v) is 10.6. The Balaban J connectivity index is 1.20. The van der Waals surface area contributed by atoms with Gasteiger partial charge in [-0.25, -0.2) is 0 Å². The Bertz CT molecular complexity index is 1240. The minimum absolute atomic E-state index is 0.0689. The first-order valence-corrected chi connectivity index (χ1v) is 13.1. The van der Waals surface area contributed by atoms with E-state index in [1.165, 1.54) is 0 Å². The first-order valence-electron chi connectivity index (χ1n) is 13.1. The molecule has 5 rings (SSSR count). The summed E-state index contributed by atoms with van der Waals surface area (Å²) in [7, 11) is 1.61. The molecule has 0 saturated carbocycles. The molecule has 38 heavy (non-hydrogen) atoms. The number of hydrogen-bond donors (Lipinski definition) is 3. The van der Waals surface area contributed by atoms with Crippen molar-refractivity contribution in [3.63, 3.8) is 0 Å². The van der Waals surface area contributed by atoms with Crippen molar-refractivity contribution in [1.29, 1.82) is 0 Å². The first-order chi connectivity index (χ1) is 18.3. The number of hydrogen-bond acceptors (Lipinski definition) is 5. The molecule has 3 N–H and O–H groups in total. The molecule has 2 aliphatic heterocycles. The number of carboxylic acid groups (broad SMARTS) is 1. The summed E-state index contributed by atoms with van der Waals surface area (Å²) in [6.07, 6.45) is 2.52. The summed E-state index contributed by atoms with van der Waals surface area (Å²) in [5.41, 5.74) is 2.92. The summed E-state index contributed by atoms with van der Waals surface area (Å²) >= 11 is 0. The van der Waals surface area contributed by atoms with E-state index in [1.807, 2.05) is 48.5 Å². The Morgan fingerprint density at radius 2 is 1.68 bits per heavy atom. The average Bonchev–Trinajstić information content (AvgIpc) is 3.19. The number of ether oxygens (including phenoxy) is 1. The van der Waals surface area contributed by atoms with Gasteiger partial charge in [0.2, 0.25) is 17.7 Å². The van der Waals surface area contributed by atoms with Gasteiger partial charge in [-0.2, -0.15) is 0 Å². The van der Waals surface area contributed by atoms with E-state index in [4.69, 9.17) is 4.74 Å². The van der Waals surface area contributed by atoms with Gasteiger partial charge in [0, 0.05) is 19.5 Å². The summed E-state index contributed by atoms with van der Waals surface area (Å²) in [6, 6.07) is 13.8. The maximum atomic E-state index is 13.1. The fourth-order valence-corrected chi connectivity index (χ4v) is 6.34. The van der Waals surface area contributed by atoms with Gasteiger partial charge in [-0.1, -0.05) is 36.4 Å². The number of carbonyl (C=O) groups is 4. The number of benzene rings is 2. The van der Waals surface area contributed by atoms with Gasteiger partial charge in [0.1, 0.15) is 17.8 Å². The van der Waals surface area contributed by atoms with Crippen molar-refractivity contribution in [2.45, 2.75) is 61.9 Å². The molecule has 2 heterocycles. The predicted molar refractivity (Wildman–Crippen MR) is 139 cm³/mol. The lowest BCUT2D eigenvalue weighted by Crippen LogP contribution is -2.63. The average molecular weight is 520 g/mol. The molecule has 1 aliphatic carbocycles. The number of rotatable bonds is 7. The van der Waals surface area contributed by atoms with Gasteiger partial charge in [-0.15, -0.1) is 0 Å². The number of likely N-dealkylation sites (tertiary alicyclic amines) is 1. The number of methoxy groups -OCH3 is 1. The van der Waals surface area contributed by atoms with Crippen molar-refractivity contribution in [3.05, 3.63) is 65.2 Å². The van der Waals surface area contributed by atoms with E-state index < -0.39 is 18.1 Å². The molecule has 3 amide bonds. The zero-order valence-electron chi connectivity index (χ0n) is 21.4. The molecule has 9 nitrogen and oxygen atoms in total. The summed E-state index contributed by atoms with van der Waals surface area (Å²) in [6.45, 7) is 1.02. The molecule has 3 atom stereocenters. The van der Waals surface area contributed by atoms with Gasteiger partial charge >= 0.3 is 5.97 Å². The fourth-order valence-electron chi connectivity index (χ4n) is 6.34. The lowest BCUT2D eigenvalue weighted by molar-refractivity contribution is -0.141. The SMILES string of the molecule is COc1ccc2c(c1)C1(CCN(C(=O)C[C@@H]3NC(=O)[C@H](Cc4ccccc4)NC3=O)CC1)CC2CC(=O)O. The lowest BCUT2D eigenvalue weighted by atomic mass is 9.73. The standard InChI is InChI=1S/C29H33N3O6/c1-38-20-7-8-21-19(14-26(34)35)17-29(22(21)15-20)9-11-32(12-10-29)25(33)16-24-28(37)30-23(27(36)31-24)13-18-5-3-2-4-6-18/h2-8,15,19,23-24H,9-14,16-17H2,1H3,(H,30,37)(H,31,36)(H,34,35)/t19?,23-,24-/m0/s1. The number of nitrogens with one attached hydrogen (secondary N) is 2. The fraction of sp³-hybridized carbons (Fsp3) is 0.448. The summed E-state index contributed by atoms with van der Waals surface area (Å²) in [5.74, 6) is -0.957. The molecule has 2 fully saturated rings. The molecule has 0 radical (unpaired) electrons. The molecule has 2 saturated heterocycles. The Morgan fingerprint density at radius 1 is 1.00 bits per heavy atom. The number of amides is 3. The molecule has 2 aromatic rings. The van der Waals surface area contributed by atoms with Crippen molar-refractivity contribution in [1.82, 2.24) is 15.5 Å². The highest BCUT2D eigenvalue weighted by molar-refractivity contribution is 5.99. The molecule has 2 aromatic carbocycles. The second-order valence-electron chi connectivity index (χ2n) is 10.6.